The Bertz CT molecular complexity index is 305. The number of rotatable bonds is 3. The monoisotopic (exact) mass is 219 g/mol. The minimum atomic E-state index is -0.219. The molecule has 2 unspecified atom stereocenters. The molecule has 3 aliphatic rings. The van der Waals surface area contributed by atoms with E-state index in [-0.39, 0.29) is 5.54 Å². The number of piperidine rings is 1. The maximum absolute atomic E-state index is 9.55. The normalized spacial score (nSPS) is 39.3. The van der Waals surface area contributed by atoms with Crippen LogP contribution in [-0.4, -0.2) is 36.1 Å². The van der Waals surface area contributed by atoms with Crippen molar-refractivity contribution in [3.8, 4) is 6.07 Å². The van der Waals surface area contributed by atoms with Gasteiger partial charge in [0.15, 0.2) is 0 Å². The molecule has 0 aromatic carbocycles. The van der Waals surface area contributed by atoms with E-state index in [9.17, 15) is 5.26 Å². The average Bonchev–Trinajstić information content (AvgIpc) is 3.09. The Balaban J connectivity index is 1.70. The van der Waals surface area contributed by atoms with Crippen molar-refractivity contribution >= 4 is 0 Å². The third-order valence-electron chi connectivity index (χ3n) is 4.58. The van der Waals surface area contributed by atoms with Crippen molar-refractivity contribution in [2.45, 2.75) is 50.1 Å². The van der Waals surface area contributed by atoms with Crippen molar-refractivity contribution < 1.29 is 0 Å². The van der Waals surface area contributed by atoms with Crippen LogP contribution in [-0.2, 0) is 0 Å². The molecule has 0 spiro atoms. The van der Waals surface area contributed by atoms with E-state index >= 15 is 0 Å². The van der Waals surface area contributed by atoms with Crippen LogP contribution in [0.2, 0.25) is 0 Å². The summed E-state index contributed by atoms with van der Waals surface area (Å²) in [5.74, 6) is 0.864. The van der Waals surface area contributed by atoms with Gasteiger partial charge >= 0.3 is 0 Å². The number of nitrogens with zero attached hydrogens (tertiary/aromatic N) is 2. The predicted octanol–water partition coefficient (Wildman–Crippen LogP) is 1.51. The first kappa shape index (κ1) is 10.6. The van der Waals surface area contributed by atoms with Crippen LogP contribution in [0.4, 0.5) is 0 Å². The minimum absolute atomic E-state index is 0.219. The molecule has 0 amide bonds. The number of fused-ring (bicyclic) bond motifs is 1. The van der Waals surface area contributed by atoms with E-state index in [0.717, 1.165) is 25.4 Å². The molecule has 2 heterocycles. The molecule has 0 bridgehead atoms. The second-order valence-corrected chi connectivity index (χ2v) is 5.70. The molecular weight excluding hydrogens is 198 g/mol. The smallest absolute Gasteiger partial charge is 0.123 e. The van der Waals surface area contributed by atoms with Gasteiger partial charge in [-0.05, 0) is 51.1 Å². The predicted molar refractivity (Wildman–Crippen MR) is 62.9 cm³/mol. The van der Waals surface area contributed by atoms with Crippen LogP contribution in [0.25, 0.3) is 0 Å². The lowest BCUT2D eigenvalue weighted by Gasteiger charge is -2.37. The zero-order valence-corrected chi connectivity index (χ0v) is 9.91. The topological polar surface area (TPSA) is 39.1 Å². The van der Waals surface area contributed by atoms with Crippen LogP contribution in [0.5, 0.6) is 0 Å². The molecule has 16 heavy (non-hydrogen) atoms. The third kappa shape index (κ3) is 1.74. The Morgan fingerprint density at radius 3 is 2.88 bits per heavy atom. The van der Waals surface area contributed by atoms with Gasteiger partial charge in [-0.15, -0.1) is 0 Å². The van der Waals surface area contributed by atoms with Gasteiger partial charge in [-0.1, -0.05) is 6.42 Å². The van der Waals surface area contributed by atoms with Crippen molar-refractivity contribution in [2.24, 2.45) is 5.92 Å². The summed E-state index contributed by atoms with van der Waals surface area (Å²) in [4.78, 5) is 2.53. The van der Waals surface area contributed by atoms with Crippen molar-refractivity contribution in [1.82, 2.24) is 10.2 Å². The van der Waals surface area contributed by atoms with Crippen molar-refractivity contribution in [3.05, 3.63) is 0 Å². The highest BCUT2D eigenvalue weighted by Crippen LogP contribution is 2.36. The maximum Gasteiger partial charge on any atom is 0.123 e. The van der Waals surface area contributed by atoms with Gasteiger partial charge in [-0.25, -0.2) is 0 Å². The van der Waals surface area contributed by atoms with E-state index in [0.29, 0.717) is 6.04 Å². The van der Waals surface area contributed by atoms with E-state index < -0.39 is 0 Å². The van der Waals surface area contributed by atoms with Gasteiger partial charge in [0.05, 0.1) is 6.07 Å². The average molecular weight is 219 g/mol. The largest absolute Gasteiger partial charge is 0.298 e. The van der Waals surface area contributed by atoms with Crippen LogP contribution in [0.3, 0.4) is 0 Å². The molecule has 3 rings (SSSR count). The SMILES string of the molecule is N#CC1(NCC2CC2)CCN2CCCCC21. The van der Waals surface area contributed by atoms with Crippen LogP contribution in [0, 0.1) is 17.2 Å². The van der Waals surface area contributed by atoms with E-state index in [1.54, 1.807) is 0 Å². The standard InChI is InChI=1S/C13H21N3/c14-10-13(15-9-11-4-5-11)6-8-16-7-2-1-3-12(13)16/h11-12,15H,1-9H2. The Hall–Kier alpha value is -0.590. The Kier molecular flexibility index (Phi) is 2.65. The zero-order valence-electron chi connectivity index (χ0n) is 9.91. The van der Waals surface area contributed by atoms with Gasteiger partial charge < -0.3 is 0 Å². The van der Waals surface area contributed by atoms with E-state index in [4.69, 9.17) is 0 Å². The summed E-state index contributed by atoms with van der Waals surface area (Å²) in [5.41, 5.74) is -0.219. The molecule has 3 fully saturated rings. The Morgan fingerprint density at radius 1 is 1.25 bits per heavy atom. The van der Waals surface area contributed by atoms with Gasteiger partial charge in [0.2, 0.25) is 0 Å². The summed E-state index contributed by atoms with van der Waals surface area (Å²) in [7, 11) is 0. The van der Waals surface area contributed by atoms with Gasteiger partial charge in [-0.3, -0.25) is 10.2 Å². The maximum atomic E-state index is 9.55. The molecule has 1 saturated carbocycles. The number of hydrogen-bond acceptors (Lipinski definition) is 3. The fourth-order valence-corrected chi connectivity index (χ4v) is 3.33. The molecule has 88 valence electrons. The highest BCUT2D eigenvalue weighted by atomic mass is 15.3. The number of nitriles is 1. The highest BCUT2D eigenvalue weighted by Gasteiger charge is 2.48. The fourth-order valence-electron chi connectivity index (χ4n) is 3.33. The van der Waals surface area contributed by atoms with Crippen LogP contribution < -0.4 is 5.32 Å². The van der Waals surface area contributed by atoms with Gasteiger partial charge in [0.25, 0.3) is 0 Å². The van der Waals surface area contributed by atoms with Crippen LogP contribution >= 0.6 is 0 Å². The van der Waals surface area contributed by atoms with Gasteiger partial charge in [-0.2, -0.15) is 5.26 Å². The first-order valence-corrected chi connectivity index (χ1v) is 6.74. The molecule has 1 aliphatic carbocycles. The molecule has 2 aliphatic heterocycles. The summed E-state index contributed by atoms with van der Waals surface area (Å²) >= 11 is 0. The first-order valence-electron chi connectivity index (χ1n) is 6.74. The third-order valence-corrected chi connectivity index (χ3v) is 4.58. The van der Waals surface area contributed by atoms with Crippen molar-refractivity contribution in [1.29, 1.82) is 5.26 Å². The summed E-state index contributed by atoms with van der Waals surface area (Å²) in [6, 6.07) is 3.10. The first-order chi connectivity index (χ1) is 7.84. The molecule has 2 saturated heterocycles. The molecule has 2 atom stereocenters. The lowest BCUT2D eigenvalue weighted by molar-refractivity contribution is 0.160. The zero-order chi connectivity index (χ0) is 11.0. The molecule has 0 aromatic rings. The van der Waals surface area contributed by atoms with Gasteiger partial charge in [0, 0.05) is 12.6 Å². The van der Waals surface area contributed by atoms with Crippen LogP contribution in [0.15, 0.2) is 0 Å². The Labute approximate surface area is 97.8 Å². The quantitative estimate of drug-likeness (QED) is 0.782. The molecule has 1 N–H and O–H groups in total. The van der Waals surface area contributed by atoms with Gasteiger partial charge in [0.1, 0.15) is 5.54 Å². The lowest BCUT2D eigenvalue weighted by atomic mass is 9.86. The number of hydrogen-bond donors (Lipinski definition) is 1. The fraction of sp³-hybridized carbons (Fsp3) is 0.923. The summed E-state index contributed by atoms with van der Waals surface area (Å²) in [6.07, 6.45) is 7.59. The van der Waals surface area contributed by atoms with E-state index in [2.05, 4.69) is 16.3 Å². The second kappa shape index (κ2) is 4.01. The Morgan fingerprint density at radius 2 is 2.12 bits per heavy atom. The summed E-state index contributed by atoms with van der Waals surface area (Å²) in [6.45, 7) is 3.40. The second-order valence-electron chi connectivity index (χ2n) is 5.70. The lowest BCUT2D eigenvalue weighted by Crippen LogP contribution is -2.55. The van der Waals surface area contributed by atoms with E-state index in [1.807, 2.05) is 0 Å². The number of nitrogens with one attached hydrogen (secondary N) is 1. The molecular formula is C13H21N3. The van der Waals surface area contributed by atoms with E-state index in [1.165, 1.54) is 38.6 Å². The molecule has 3 nitrogen and oxygen atoms in total. The van der Waals surface area contributed by atoms with Crippen molar-refractivity contribution in [3.63, 3.8) is 0 Å². The molecule has 3 heteroatoms. The molecule has 0 radical (unpaired) electrons. The van der Waals surface area contributed by atoms with Crippen LogP contribution in [0.1, 0.15) is 38.5 Å². The van der Waals surface area contributed by atoms with Crippen molar-refractivity contribution in [2.75, 3.05) is 19.6 Å². The highest BCUT2D eigenvalue weighted by molar-refractivity contribution is 5.19. The summed E-state index contributed by atoms with van der Waals surface area (Å²) < 4.78 is 0. The summed E-state index contributed by atoms with van der Waals surface area (Å²) in [5, 5.41) is 13.2. The minimum Gasteiger partial charge on any atom is -0.298 e. The molecule has 0 aromatic heterocycles.